The highest BCUT2D eigenvalue weighted by molar-refractivity contribution is 6.23. The Hall–Kier alpha value is -3.95. The molecule has 0 bridgehead atoms. The third-order valence-corrected chi connectivity index (χ3v) is 4.50. The van der Waals surface area contributed by atoms with Gasteiger partial charge in [0.05, 0.1) is 29.3 Å². The van der Waals surface area contributed by atoms with Crippen LogP contribution in [0.25, 0.3) is 0 Å². The average Bonchev–Trinajstić information content (AvgIpc) is 2.86. The van der Waals surface area contributed by atoms with Crippen molar-refractivity contribution in [3.63, 3.8) is 0 Å². The summed E-state index contributed by atoms with van der Waals surface area (Å²) in [7, 11) is 0. The van der Waals surface area contributed by atoms with Crippen LogP contribution in [0.5, 0.6) is 11.5 Å². The van der Waals surface area contributed by atoms with Crippen LogP contribution in [-0.2, 0) is 4.79 Å². The number of carbonyl (C=O) groups excluding carboxylic acids is 3. The van der Waals surface area contributed by atoms with Gasteiger partial charge in [0.25, 0.3) is 17.5 Å². The molecule has 2 aromatic carbocycles. The van der Waals surface area contributed by atoms with Gasteiger partial charge in [-0.1, -0.05) is 0 Å². The molecule has 0 unspecified atom stereocenters. The number of rotatable bonds is 4. The molecule has 4 rings (SSSR count). The number of hydrogen-bond donors (Lipinski definition) is 1. The van der Waals surface area contributed by atoms with E-state index in [1.807, 2.05) is 0 Å². The summed E-state index contributed by atoms with van der Waals surface area (Å²) in [4.78, 5) is 48.3. The van der Waals surface area contributed by atoms with Crippen LogP contribution in [0.3, 0.4) is 0 Å². The highest BCUT2D eigenvalue weighted by Gasteiger charge is 2.37. The summed E-state index contributed by atoms with van der Waals surface area (Å²) in [6.45, 7) is 0.511. The number of imide groups is 1. The molecule has 0 saturated heterocycles. The molecule has 10 heteroatoms. The minimum atomic E-state index is -0.748. The molecule has 148 valence electrons. The van der Waals surface area contributed by atoms with E-state index in [-0.39, 0.29) is 16.8 Å². The quantitative estimate of drug-likeness (QED) is 0.475. The SMILES string of the molecule is O=C(CN1C(=O)c2ccc([N+](=O)[O-])cc2C1=O)Nc1ccc2c(c1)OCCCO2. The third kappa shape index (κ3) is 3.47. The predicted molar refractivity (Wildman–Crippen MR) is 99.1 cm³/mol. The first-order chi connectivity index (χ1) is 13.9. The summed E-state index contributed by atoms with van der Waals surface area (Å²) in [5.74, 6) is -0.949. The van der Waals surface area contributed by atoms with E-state index in [1.165, 1.54) is 6.07 Å². The zero-order valence-electron chi connectivity index (χ0n) is 15.0. The lowest BCUT2D eigenvalue weighted by Gasteiger charge is -2.14. The molecule has 2 aliphatic heterocycles. The molecule has 0 spiro atoms. The number of ether oxygens (including phenoxy) is 2. The Balaban J connectivity index is 1.47. The zero-order valence-corrected chi connectivity index (χ0v) is 15.0. The van der Waals surface area contributed by atoms with Crippen LogP contribution >= 0.6 is 0 Å². The number of nitro benzene ring substituents is 1. The van der Waals surface area contributed by atoms with E-state index in [0.29, 0.717) is 30.4 Å². The van der Waals surface area contributed by atoms with Crippen LogP contribution in [0.15, 0.2) is 36.4 Å². The van der Waals surface area contributed by atoms with E-state index in [4.69, 9.17) is 9.47 Å². The first-order valence-corrected chi connectivity index (χ1v) is 8.78. The number of hydrogen-bond acceptors (Lipinski definition) is 7. The highest BCUT2D eigenvalue weighted by atomic mass is 16.6. The Labute approximate surface area is 164 Å². The Bertz CT molecular complexity index is 1050. The summed E-state index contributed by atoms with van der Waals surface area (Å²) in [5.41, 5.74) is 0.0615. The van der Waals surface area contributed by atoms with Gasteiger partial charge in [-0.25, -0.2) is 0 Å². The summed E-state index contributed by atoms with van der Waals surface area (Å²) >= 11 is 0. The maximum absolute atomic E-state index is 12.5. The van der Waals surface area contributed by atoms with Crippen LogP contribution in [0.4, 0.5) is 11.4 Å². The van der Waals surface area contributed by atoms with Gasteiger partial charge in [0.2, 0.25) is 5.91 Å². The molecular formula is C19H15N3O7. The number of fused-ring (bicyclic) bond motifs is 2. The van der Waals surface area contributed by atoms with Gasteiger partial charge in [0.1, 0.15) is 6.54 Å². The molecule has 1 N–H and O–H groups in total. The van der Waals surface area contributed by atoms with Crippen molar-refractivity contribution in [1.82, 2.24) is 4.90 Å². The first-order valence-electron chi connectivity index (χ1n) is 8.78. The van der Waals surface area contributed by atoms with Gasteiger partial charge < -0.3 is 14.8 Å². The van der Waals surface area contributed by atoms with Crippen molar-refractivity contribution in [3.8, 4) is 11.5 Å². The van der Waals surface area contributed by atoms with E-state index in [1.54, 1.807) is 18.2 Å². The molecule has 2 aromatic rings. The van der Waals surface area contributed by atoms with Gasteiger partial charge >= 0.3 is 0 Å². The lowest BCUT2D eigenvalue weighted by Crippen LogP contribution is -2.37. The second kappa shape index (κ2) is 7.23. The summed E-state index contributed by atoms with van der Waals surface area (Å²) < 4.78 is 11.1. The monoisotopic (exact) mass is 397 g/mol. The fraction of sp³-hybridized carbons (Fsp3) is 0.211. The number of nitrogens with zero attached hydrogens (tertiary/aromatic N) is 2. The maximum Gasteiger partial charge on any atom is 0.270 e. The molecule has 0 aliphatic carbocycles. The fourth-order valence-corrected chi connectivity index (χ4v) is 3.12. The number of benzene rings is 2. The highest BCUT2D eigenvalue weighted by Crippen LogP contribution is 2.32. The van der Waals surface area contributed by atoms with Gasteiger partial charge in [0.15, 0.2) is 11.5 Å². The molecule has 0 saturated carbocycles. The normalized spacial score (nSPS) is 15.0. The van der Waals surface area contributed by atoms with Crippen molar-refractivity contribution in [2.45, 2.75) is 6.42 Å². The Kier molecular flexibility index (Phi) is 4.59. The number of nitro groups is 1. The van der Waals surface area contributed by atoms with Crippen molar-refractivity contribution in [3.05, 3.63) is 57.6 Å². The van der Waals surface area contributed by atoms with Gasteiger partial charge in [-0.05, 0) is 18.2 Å². The summed E-state index contributed by atoms with van der Waals surface area (Å²) in [5, 5.41) is 13.5. The summed E-state index contributed by atoms with van der Waals surface area (Å²) in [6.07, 6.45) is 0.744. The van der Waals surface area contributed by atoms with Crippen molar-refractivity contribution >= 4 is 29.1 Å². The fourth-order valence-electron chi connectivity index (χ4n) is 3.12. The first kappa shape index (κ1) is 18.4. The number of anilines is 1. The molecule has 29 heavy (non-hydrogen) atoms. The molecule has 0 aromatic heterocycles. The average molecular weight is 397 g/mol. The molecular weight excluding hydrogens is 382 g/mol. The van der Waals surface area contributed by atoms with Crippen molar-refractivity contribution in [2.75, 3.05) is 25.1 Å². The second-order valence-corrected chi connectivity index (χ2v) is 6.44. The minimum absolute atomic E-state index is 0.0315. The molecule has 2 aliphatic rings. The van der Waals surface area contributed by atoms with Gasteiger partial charge in [-0.3, -0.25) is 29.4 Å². The van der Waals surface area contributed by atoms with Crippen LogP contribution in [0.2, 0.25) is 0 Å². The summed E-state index contributed by atoms with van der Waals surface area (Å²) in [6, 6.07) is 8.29. The standard InChI is InChI=1S/C19H15N3O7/c23-17(20-11-2-5-15-16(8-11)29-7-1-6-28-15)10-21-18(24)13-4-3-12(22(26)27)9-14(13)19(21)25/h2-5,8-9H,1,6-7,10H2,(H,20,23). The van der Waals surface area contributed by atoms with Crippen molar-refractivity contribution in [2.24, 2.45) is 0 Å². The number of amides is 3. The van der Waals surface area contributed by atoms with E-state index < -0.39 is 29.2 Å². The zero-order chi connectivity index (χ0) is 20.5. The van der Waals surface area contributed by atoms with Crippen molar-refractivity contribution in [1.29, 1.82) is 0 Å². The molecule has 3 amide bonds. The van der Waals surface area contributed by atoms with Crippen LogP contribution in [0, 0.1) is 10.1 Å². The predicted octanol–water partition coefficient (Wildman–Crippen LogP) is 1.99. The Morgan fingerprint density at radius 3 is 2.52 bits per heavy atom. The Morgan fingerprint density at radius 1 is 1.03 bits per heavy atom. The largest absolute Gasteiger partial charge is 0.490 e. The molecule has 10 nitrogen and oxygen atoms in total. The van der Waals surface area contributed by atoms with Crippen LogP contribution in [0.1, 0.15) is 27.1 Å². The lowest BCUT2D eigenvalue weighted by atomic mass is 10.1. The second-order valence-electron chi connectivity index (χ2n) is 6.44. The maximum atomic E-state index is 12.5. The van der Waals surface area contributed by atoms with E-state index in [9.17, 15) is 24.5 Å². The topological polar surface area (TPSA) is 128 Å². The van der Waals surface area contributed by atoms with Gasteiger partial charge in [-0.15, -0.1) is 0 Å². The molecule has 2 heterocycles. The van der Waals surface area contributed by atoms with E-state index >= 15 is 0 Å². The minimum Gasteiger partial charge on any atom is -0.490 e. The smallest absolute Gasteiger partial charge is 0.270 e. The van der Waals surface area contributed by atoms with Crippen LogP contribution < -0.4 is 14.8 Å². The lowest BCUT2D eigenvalue weighted by molar-refractivity contribution is -0.384. The van der Waals surface area contributed by atoms with E-state index in [2.05, 4.69) is 5.32 Å². The molecule has 0 fully saturated rings. The number of non-ortho nitro benzene ring substituents is 1. The third-order valence-electron chi connectivity index (χ3n) is 4.50. The van der Waals surface area contributed by atoms with Gasteiger partial charge in [0, 0.05) is 30.3 Å². The molecule has 0 atom stereocenters. The molecule has 0 radical (unpaired) electrons. The Morgan fingerprint density at radius 2 is 1.76 bits per heavy atom. The van der Waals surface area contributed by atoms with Gasteiger partial charge in [-0.2, -0.15) is 0 Å². The number of nitrogens with one attached hydrogen (secondary N) is 1. The van der Waals surface area contributed by atoms with Crippen LogP contribution in [-0.4, -0.2) is 47.3 Å². The van der Waals surface area contributed by atoms with E-state index in [0.717, 1.165) is 23.5 Å². The number of carbonyl (C=O) groups is 3. The van der Waals surface area contributed by atoms with Crippen molar-refractivity contribution < 1.29 is 28.8 Å².